The van der Waals surface area contributed by atoms with Gasteiger partial charge in [-0.05, 0) is 83.0 Å². The fourth-order valence-corrected chi connectivity index (χ4v) is 8.59. The Labute approximate surface area is 431 Å². The van der Waals surface area contributed by atoms with Crippen LogP contribution in [-0.2, 0) is 30.9 Å². The van der Waals surface area contributed by atoms with Crippen LogP contribution in [0.4, 0.5) is 0 Å². The molecule has 6 aromatic carbocycles. The second-order valence-corrected chi connectivity index (χ2v) is 19.8. The molecule has 4 aromatic heterocycles. The predicted molar refractivity (Wildman–Crippen MR) is 276 cm³/mol. The van der Waals surface area contributed by atoms with Crippen LogP contribution >= 0.6 is 0 Å². The molecule has 0 aliphatic carbocycles. The molecule has 10 rings (SSSR count). The number of benzene rings is 6. The van der Waals surface area contributed by atoms with Crippen molar-refractivity contribution in [2.24, 2.45) is 0 Å². The number of hydrogen-bond acceptors (Lipinski definition) is 7. The molecule has 351 valence electrons. The molecule has 8 nitrogen and oxygen atoms in total. The first-order valence-electron chi connectivity index (χ1n) is 27.3. The number of nitriles is 1. The number of aromatic nitrogens is 5. The maximum absolute atomic E-state index is 10.5. The molecule has 9 heteroatoms. The quantitative estimate of drug-likeness (QED) is 0.153. The molecule has 0 fully saturated rings. The van der Waals surface area contributed by atoms with E-state index in [0.29, 0.717) is 16.7 Å². The van der Waals surface area contributed by atoms with Crippen LogP contribution in [0.1, 0.15) is 138 Å². The Balaban J connectivity index is 0.000000404. The summed E-state index contributed by atoms with van der Waals surface area (Å²) in [5.41, 5.74) is 5.37. The molecule has 0 saturated heterocycles. The van der Waals surface area contributed by atoms with E-state index in [0.717, 1.165) is 39.3 Å². The number of furan rings is 1. The van der Waals surface area contributed by atoms with E-state index in [1.165, 1.54) is 6.07 Å². The molecule has 0 amide bonds. The van der Waals surface area contributed by atoms with Gasteiger partial charge in [0.2, 0.25) is 5.89 Å². The summed E-state index contributed by atoms with van der Waals surface area (Å²) >= 11 is 0. The van der Waals surface area contributed by atoms with Crippen molar-refractivity contribution in [1.29, 1.82) is 5.26 Å². The summed E-state index contributed by atoms with van der Waals surface area (Å²) in [6, 6.07) is 38.5. The zero-order valence-electron chi connectivity index (χ0n) is 49.3. The molecular formula is C60H58IrN6O2-2. The number of nitrogens with zero attached hydrogens (tertiary/aromatic N) is 6. The van der Waals surface area contributed by atoms with Crippen LogP contribution in [0.5, 0.6) is 0 Å². The zero-order valence-corrected chi connectivity index (χ0v) is 42.7. The molecule has 0 atom stereocenters. The van der Waals surface area contributed by atoms with Crippen molar-refractivity contribution in [2.75, 3.05) is 0 Å². The minimum atomic E-state index is -2.93. The monoisotopic (exact) mass is 1100 g/mol. The van der Waals surface area contributed by atoms with Crippen molar-refractivity contribution in [3.8, 4) is 45.7 Å². The average Bonchev–Trinajstić information content (AvgIpc) is 4.26. The number of imidazole rings is 1. The minimum absolute atomic E-state index is 0. The smallest absolute Gasteiger partial charge is 0.200 e. The van der Waals surface area contributed by atoms with Gasteiger partial charge in [-0.1, -0.05) is 124 Å². The van der Waals surface area contributed by atoms with E-state index in [9.17, 15) is 5.26 Å². The topological polar surface area (TPSA) is 107 Å². The number of fused-ring (bicyclic) bond motifs is 6. The van der Waals surface area contributed by atoms with Crippen LogP contribution in [-0.4, -0.2) is 24.5 Å². The number of rotatable bonds is 6. The Morgan fingerprint density at radius 1 is 0.710 bits per heavy atom. The Hall–Kier alpha value is -6.72. The van der Waals surface area contributed by atoms with Gasteiger partial charge in [-0.15, -0.1) is 53.6 Å². The molecule has 4 heterocycles. The van der Waals surface area contributed by atoms with Gasteiger partial charge in [-0.25, -0.2) is 4.98 Å². The van der Waals surface area contributed by atoms with Gasteiger partial charge in [-0.2, -0.15) is 5.26 Å². The van der Waals surface area contributed by atoms with Crippen LogP contribution in [0.15, 0.2) is 112 Å². The molecular weight excluding hydrogens is 1030 g/mol. The molecule has 0 aliphatic heterocycles. The average molecular weight is 1100 g/mol. The minimum Gasteiger partial charge on any atom is -0.500 e. The van der Waals surface area contributed by atoms with E-state index in [1.807, 2.05) is 98.3 Å². The van der Waals surface area contributed by atoms with Crippen LogP contribution in [0.25, 0.3) is 83.7 Å². The van der Waals surface area contributed by atoms with E-state index in [1.54, 1.807) is 18.2 Å². The Kier molecular flexibility index (Phi) is 10.3. The molecule has 0 N–H and O–H groups in total. The third kappa shape index (κ3) is 8.82. The summed E-state index contributed by atoms with van der Waals surface area (Å²) in [4.78, 5) is 18.8. The van der Waals surface area contributed by atoms with Crippen LogP contribution < -0.4 is 0 Å². The summed E-state index contributed by atoms with van der Waals surface area (Å²) in [5, 5.41) is 10.6. The van der Waals surface area contributed by atoms with Crippen LogP contribution in [0.3, 0.4) is 0 Å². The first kappa shape index (κ1) is 38.2. The van der Waals surface area contributed by atoms with E-state index >= 15 is 0 Å². The molecule has 1 radical (unpaired) electrons. The number of para-hydroxylation sites is 1. The van der Waals surface area contributed by atoms with Gasteiger partial charge in [0.25, 0.3) is 0 Å². The molecule has 0 bridgehead atoms. The Morgan fingerprint density at radius 2 is 1.43 bits per heavy atom. The van der Waals surface area contributed by atoms with Crippen LogP contribution in [0, 0.1) is 44.0 Å². The van der Waals surface area contributed by atoms with Gasteiger partial charge >= 0.3 is 0 Å². The van der Waals surface area contributed by atoms with Crippen LogP contribution in [0.2, 0.25) is 0 Å². The molecule has 0 spiro atoms. The van der Waals surface area contributed by atoms with E-state index < -0.39 is 31.5 Å². The second kappa shape index (κ2) is 18.6. The van der Waals surface area contributed by atoms with Crippen molar-refractivity contribution in [3.05, 3.63) is 160 Å². The predicted octanol–water partition coefficient (Wildman–Crippen LogP) is 15.8. The fraction of sp³-hybridized carbons (Fsp3) is 0.283. The summed E-state index contributed by atoms with van der Waals surface area (Å²) in [7, 11) is 0. The largest absolute Gasteiger partial charge is 0.500 e. The van der Waals surface area contributed by atoms with Crippen molar-refractivity contribution in [1.82, 2.24) is 24.5 Å². The second-order valence-electron chi connectivity index (χ2n) is 19.8. The number of aryl methyl sites for hydroxylation is 3. The van der Waals surface area contributed by atoms with E-state index in [4.69, 9.17) is 31.1 Å². The van der Waals surface area contributed by atoms with E-state index in [-0.39, 0.29) is 104 Å². The number of hydrogen-bond donors (Lipinski definition) is 0. The molecule has 69 heavy (non-hydrogen) atoms. The summed E-state index contributed by atoms with van der Waals surface area (Å²) in [6.07, 6.45) is 1.81. The van der Waals surface area contributed by atoms with Gasteiger partial charge in [0.15, 0.2) is 5.58 Å². The number of oxazole rings is 1. The van der Waals surface area contributed by atoms with E-state index in [2.05, 4.69) is 82.7 Å². The van der Waals surface area contributed by atoms with Gasteiger partial charge < -0.3 is 13.4 Å². The summed E-state index contributed by atoms with van der Waals surface area (Å²) < 4.78 is 92.8. The van der Waals surface area contributed by atoms with Gasteiger partial charge in [0.1, 0.15) is 22.7 Å². The van der Waals surface area contributed by atoms with Crippen molar-refractivity contribution in [3.63, 3.8) is 0 Å². The standard InChI is InChI=1S/C46H43N4O2.C14H15N2.Ir/c1-24(2)32-21-30(29-16-12-11-13-17-29)22-33(25(3)4)40(32)50-39-27(6)15-14-18-35(39)48-44(50)31-20-19-26(5)36-37-38-43(52-45(49-38)46(8,9)10)34(23-47)28(7)41(37)51-42(31)36;1-14(2,3)12-9-10-15-13(16-12)11-7-5-4-6-8-11;/h11-19,21-22,24-25H,1-10H3;4-7,9-10H,1-3H3;/q2*-1;/i5D3,6D3,7D3;;. The van der Waals surface area contributed by atoms with Crippen molar-refractivity contribution >= 4 is 44.1 Å². The normalized spacial score (nSPS) is 14.4. The SMILES string of the molecule is CC(C)(C)c1ccnc(-c2[c-]cccc2)n1.[2H]C([2H])([2H])c1c(C#N)c2oc(C(C)(C)C)nc2c2c1oc1c(-c3nc4cccc(C([2H])([2H])[2H])c4n3-c3c(C(C)C)cc(-c4ccccc4)cc3C(C)C)[c-]cc(C([2H])([2H])[2H])c12.[Ir]. The van der Waals surface area contributed by atoms with Gasteiger partial charge in [0, 0.05) is 71.8 Å². The fourth-order valence-electron chi connectivity index (χ4n) is 8.59. The zero-order chi connectivity index (χ0) is 55.9. The Bertz CT molecular complexity index is 3900. The molecule has 0 unspecified atom stereocenters. The molecule has 10 aromatic rings. The third-order valence-electron chi connectivity index (χ3n) is 12.1. The van der Waals surface area contributed by atoms with Gasteiger partial charge in [0.05, 0.1) is 28.3 Å². The Morgan fingerprint density at radius 3 is 2.06 bits per heavy atom. The maximum Gasteiger partial charge on any atom is 0.200 e. The molecule has 0 aliphatic rings. The first-order chi connectivity index (χ1) is 36.0. The molecule has 0 saturated carbocycles. The van der Waals surface area contributed by atoms with Crippen molar-refractivity contribution < 1.29 is 41.3 Å². The first-order valence-corrected chi connectivity index (χ1v) is 22.8. The third-order valence-corrected chi connectivity index (χ3v) is 12.1. The maximum atomic E-state index is 10.5. The van der Waals surface area contributed by atoms with Gasteiger partial charge in [-0.3, -0.25) is 15.0 Å². The van der Waals surface area contributed by atoms with Crippen molar-refractivity contribution in [2.45, 2.75) is 112 Å². The summed E-state index contributed by atoms with van der Waals surface area (Å²) in [6.45, 7) is 12.0. The summed E-state index contributed by atoms with van der Waals surface area (Å²) in [5.74, 6) is 0.965.